The van der Waals surface area contributed by atoms with Crippen LogP contribution in [0, 0.1) is 0 Å². The minimum atomic E-state index is 0.323. The first kappa shape index (κ1) is 17.4. The number of benzene rings is 2. The molecule has 1 saturated heterocycles. The fourth-order valence-electron chi connectivity index (χ4n) is 3.28. The maximum absolute atomic E-state index is 10.4. The van der Waals surface area contributed by atoms with Gasteiger partial charge in [0.1, 0.15) is 11.6 Å². The third-order valence-electron chi connectivity index (χ3n) is 4.82. The SMILES string of the molecule is Cn1c(CSc2ccccc2)nc2c(CN3CCOCC3)c(O)ccc21. The van der Waals surface area contributed by atoms with Crippen molar-refractivity contribution in [3.8, 4) is 5.75 Å². The zero-order chi connectivity index (χ0) is 17.9. The summed E-state index contributed by atoms with van der Waals surface area (Å²) in [6.07, 6.45) is 0. The molecule has 0 saturated carbocycles. The second-order valence-electron chi connectivity index (χ2n) is 6.51. The van der Waals surface area contributed by atoms with Gasteiger partial charge in [0.15, 0.2) is 0 Å². The number of aromatic nitrogens is 2. The minimum Gasteiger partial charge on any atom is -0.508 e. The van der Waals surface area contributed by atoms with Gasteiger partial charge in [-0.05, 0) is 24.3 Å². The number of rotatable bonds is 5. The lowest BCUT2D eigenvalue weighted by Gasteiger charge is -2.26. The van der Waals surface area contributed by atoms with Crippen molar-refractivity contribution >= 4 is 22.8 Å². The van der Waals surface area contributed by atoms with Crippen molar-refractivity contribution in [1.29, 1.82) is 0 Å². The van der Waals surface area contributed by atoms with Gasteiger partial charge in [-0.25, -0.2) is 4.98 Å². The van der Waals surface area contributed by atoms with Crippen LogP contribution in [-0.2, 0) is 24.1 Å². The van der Waals surface area contributed by atoms with Crippen LogP contribution in [-0.4, -0.2) is 45.9 Å². The summed E-state index contributed by atoms with van der Waals surface area (Å²) in [6, 6.07) is 14.1. The molecule has 0 unspecified atom stereocenters. The van der Waals surface area contributed by atoms with E-state index >= 15 is 0 Å². The highest BCUT2D eigenvalue weighted by molar-refractivity contribution is 7.98. The van der Waals surface area contributed by atoms with Crippen LogP contribution in [0.5, 0.6) is 5.75 Å². The zero-order valence-electron chi connectivity index (χ0n) is 14.9. The van der Waals surface area contributed by atoms with E-state index in [9.17, 15) is 5.11 Å². The molecule has 0 aliphatic carbocycles. The van der Waals surface area contributed by atoms with Crippen LogP contribution in [0.3, 0.4) is 0 Å². The number of fused-ring (bicyclic) bond motifs is 1. The van der Waals surface area contributed by atoms with Crippen molar-refractivity contribution in [3.63, 3.8) is 0 Å². The molecule has 5 nitrogen and oxygen atoms in total. The molecule has 0 atom stereocenters. The summed E-state index contributed by atoms with van der Waals surface area (Å²) in [5.74, 6) is 2.14. The summed E-state index contributed by atoms with van der Waals surface area (Å²) in [4.78, 5) is 8.42. The molecule has 2 aromatic carbocycles. The van der Waals surface area contributed by atoms with Gasteiger partial charge in [-0.1, -0.05) is 18.2 Å². The number of phenols is 1. The predicted molar refractivity (Wildman–Crippen MR) is 104 cm³/mol. The highest BCUT2D eigenvalue weighted by atomic mass is 32.2. The molecule has 4 rings (SSSR count). The fraction of sp³-hybridized carbons (Fsp3) is 0.350. The standard InChI is InChI=1S/C20H23N3O2S/c1-22-17-7-8-18(24)16(13-23-9-11-25-12-10-23)20(17)21-19(22)14-26-15-5-3-2-4-6-15/h2-8,24H,9-14H2,1H3. The van der Waals surface area contributed by atoms with Crippen LogP contribution in [0.4, 0.5) is 0 Å². The van der Waals surface area contributed by atoms with Crippen molar-refractivity contribution in [2.75, 3.05) is 26.3 Å². The molecular formula is C20H23N3O2S. The predicted octanol–water partition coefficient (Wildman–Crippen LogP) is 3.40. The van der Waals surface area contributed by atoms with Gasteiger partial charge >= 0.3 is 0 Å². The van der Waals surface area contributed by atoms with E-state index in [0.29, 0.717) is 12.3 Å². The Hall–Kier alpha value is -2.02. The number of aryl methyl sites for hydroxylation is 1. The topological polar surface area (TPSA) is 50.5 Å². The first-order valence-electron chi connectivity index (χ1n) is 8.86. The number of phenolic OH excluding ortho intramolecular Hbond substituents is 1. The van der Waals surface area contributed by atoms with E-state index in [1.165, 1.54) is 4.90 Å². The first-order valence-corrected chi connectivity index (χ1v) is 9.85. The van der Waals surface area contributed by atoms with Crippen LogP contribution >= 0.6 is 11.8 Å². The Balaban J connectivity index is 1.61. The maximum Gasteiger partial charge on any atom is 0.122 e. The van der Waals surface area contributed by atoms with E-state index in [1.54, 1.807) is 17.8 Å². The first-order chi connectivity index (χ1) is 12.7. The second-order valence-corrected chi connectivity index (χ2v) is 7.56. The summed E-state index contributed by atoms with van der Waals surface area (Å²) in [7, 11) is 2.05. The minimum absolute atomic E-state index is 0.323. The number of thioether (sulfide) groups is 1. The fourth-order valence-corrected chi connectivity index (χ4v) is 4.19. The van der Waals surface area contributed by atoms with Gasteiger partial charge in [-0.3, -0.25) is 4.90 Å². The zero-order valence-corrected chi connectivity index (χ0v) is 15.7. The largest absolute Gasteiger partial charge is 0.508 e. The number of hydrogen-bond donors (Lipinski definition) is 1. The van der Waals surface area contributed by atoms with E-state index in [-0.39, 0.29) is 0 Å². The van der Waals surface area contributed by atoms with Crippen LogP contribution in [0.1, 0.15) is 11.4 Å². The van der Waals surface area contributed by atoms with Crippen molar-refractivity contribution in [1.82, 2.24) is 14.5 Å². The molecule has 1 aromatic heterocycles. The lowest BCUT2D eigenvalue weighted by Crippen LogP contribution is -2.35. The molecule has 1 aliphatic heterocycles. The molecule has 6 heteroatoms. The summed E-state index contributed by atoms with van der Waals surface area (Å²) in [6.45, 7) is 3.98. The van der Waals surface area contributed by atoms with Crippen molar-refractivity contribution < 1.29 is 9.84 Å². The molecule has 1 aliphatic rings. The summed E-state index contributed by atoms with van der Waals surface area (Å²) in [5.41, 5.74) is 2.88. The molecule has 26 heavy (non-hydrogen) atoms. The molecule has 136 valence electrons. The average Bonchev–Trinajstić information content (AvgIpc) is 3.00. The Morgan fingerprint density at radius 1 is 1.12 bits per heavy atom. The van der Waals surface area contributed by atoms with E-state index < -0.39 is 0 Å². The number of nitrogens with zero attached hydrogens (tertiary/aromatic N) is 3. The van der Waals surface area contributed by atoms with E-state index in [0.717, 1.165) is 54.5 Å². The Kier molecular flexibility index (Phi) is 5.15. The van der Waals surface area contributed by atoms with Crippen LogP contribution < -0.4 is 0 Å². The Labute approximate surface area is 157 Å². The van der Waals surface area contributed by atoms with Gasteiger partial charge in [-0.15, -0.1) is 11.8 Å². The van der Waals surface area contributed by atoms with Crippen molar-refractivity contribution in [2.45, 2.75) is 17.2 Å². The number of imidazole rings is 1. The lowest BCUT2D eigenvalue weighted by atomic mass is 10.1. The molecule has 0 amide bonds. The monoisotopic (exact) mass is 369 g/mol. The smallest absolute Gasteiger partial charge is 0.122 e. The van der Waals surface area contributed by atoms with Crippen molar-refractivity contribution in [3.05, 3.63) is 53.9 Å². The normalized spacial score (nSPS) is 15.6. The molecular weight excluding hydrogens is 346 g/mol. The van der Waals surface area contributed by atoms with E-state index in [4.69, 9.17) is 9.72 Å². The number of aromatic hydroxyl groups is 1. The molecule has 1 fully saturated rings. The Bertz CT molecular complexity index is 889. The number of ether oxygens (including phenoxy) is 1. The highest BCUT2D eigenvalue weighted by Crippen LogP contribution is 2.30. The van der Waals surface area contributed by atoms with Gasteiger partial charge < -0.3 is 14.4 Å². The van der Waals surface area contributed by atoms with E-state index in [2.05, 4.69) is 33.7 Å². The third-order valence-corrected chi connectivity index (χ3v) is 5.83. The second kappa shape index (κ2) is 7.70. The van der Waals surface area contributed by atoms with Gasteiger partial charge in [0, 0.05) is 37.1 Å². The van der Waals surface area contributed by atoms with Gasteiger partial charge in [-0.2, -0.15) is 0 Å². The van der Waals surface area contributed by atoms with Crippen LogP contribution in [0.25, 0.3) is 11.0 Å². The average molecular weight is 369 g/mol. The van der Waals surface area contributed by atoms with Crippen LogP contribution in [0.2, 0.25) is 0 Å². The molecule has 0 bridgehead atoms. The third kappa shape index (κ3) is 3.58. The molecule has 0 radical (unpaired) electrons. The lowest BCUT2D eigenvalue weighted by molar-refractivity contribution is 0.0340. The van der Waals surface area contributed by atoms with Crippen molar-refractivity contribution in [2.24, 2.45) is 7.05 Å². The summed E-state index contributed by atoms with van der Waals surface area (Å²) in [5, 5.41) is 10.4. The molecule has 3 aromatic rings. The van der Waals surface area contributed by atoms with Gasteiger partial charge in [0.25, 0.3) is 0 Å². The van der Waals surface area contributed by atoms with Crippen LogP contribution in [0.15, 0.2) is 47.4 Å². The Morgan fingerprint density at radius 2 is 1.88 bits per heavy atom. The van der Waals surface area contributed by atoms with Gasteiger partial charge in [0.2, 0.25) is 0 Å². The summed E-state index contributed by atoms with van der Waals surface area (Å²) >= 11 is 1.78. The maximum atomic E-state index is 10.4. The van der Waals surface area contributed by atoms with E-state index in [1.807, 2.05) is 19.2 Å². The number of hydrogen-bond acceptors (Lipinski definition) is 5. The Morgan fingerprint density at radius 3 is 2.65 bits per heavy atom. The number of morpholine rings is 1. The quantitative estimate of drug-likeness (QED) is 0.699. The molecule has 1 N–H and O–H groups in total. The molecule has 2 heterocycles. The highest BCUT2D eigenvalue weighted by Gasteiger charge is 2.18. The van der Waals surface area contributed by atoms with Gasteiger partial charge in [0.05, 0.1) is 30.0 Å². The summed E-state index contributed by atoms with van der Waals surface area (Å²) < 4.78 is 7.56. The molecule has 0 spiro atoms.